The molecule has 0 atom stereocenters. The largest absolute Gasteiger partial charge is 0.465 e. The van der Waals surface area contributed by atoms with Crippen molar-refractivity contribution in [2.24, 2.45) is 7.05 Å². The number of rotatable bonds is 6. The first kappa shape index (κ1) is 15.6. The second-order valence-electron chi connectivity index (χ2n) is 4.41. The Morgan fingerprint density at radius 3 is 2.73 bits per heavy atom. The monoisotopic (exact) mass is 304 g/mol. The molecule has 0 aromatic carbocycles. The van der Waals surface area contributed by atoms with E-state index in [1.807, 2.05) is 6.07 Å². The molecule has 0 bridgehead atoms. The lowest BCUT2D eigenvalue weighted by Gasteiger charge is -2.06. The van der Waals surface area contributed by atoms with Crippen LogP contribution in [0.25, 0.3) is 0 Å². The van der Waals surface area contributed by atoms with Crippen molar-refractivity contribution >= 4 is 17.7 Å². The molecule has 2 aromatic rings. The molecule has 8 heteroatoms. The van der Waals surface area contributed by atoms with Crippen molar-refractivity contribution in [2.75, 3.05) is 19.0 Å². The summed E-state index contributed by atoms with van der Waals surface area (Å²) in [4.78, 5) is 26.9. The number of hydrogen-bond donors (Lipinski definition) is 1. The first-order chi connectivity index (χ1) is 10.6. The van der Waals surface area contributed by atoms with Crippen LogP contribution >= 0.6 is 0 Å². The standard InChI is InChI=1S/C14H16N4O4/c1-18-11(5-6-16-18)8-22-9-13(19)17-12-4-3-10(7-15-12)14(20)21-2/h3-7H,8-9H2,1-2H3,(H,15,17,19). The first-order valence-corrected chi connectivity index (χ1v) is 6.49. The fourth-order valence-corrected chi connectivity index (χ4v) is 1.68. The minimum Gasteiger partial charge on any atom is -0.465 e. The Morgan fingerprint density at radius 1 is 1.32 bits per heavy atom. The van der Waals surface area contributed by atoms with Gasteiger partial charge in [-0.1, -0.05) is 0 Å². The summed E-state index contributed by atoms with van der Waals surface area (Å²) in [5, 5.41) is 6.57. The molecule has 2 rings (SSSR count). The number of ether oxygens (including phenoxy) is 2. The predicted octanol–water partition coefficient (Wildman–Crippen LogP) is 0.757. The molecule has 1 amide bonds. The van der Waals surface area contributed by atoms with Crippen LogP contribution in [0.15, 0.2) is 30.6 Å². The van der Waals surface area contributed by atoms with Crippen LogP contribution in [0, 0.1) is 0 Å². The topological polar surface area (TPSA) is 95.3 Å². The summed E-state index contributed by atoms with van der Waals surface area (Å²) in [6.07, 6.45) is 2.99. The van der Waals surface area contributed by atoms with Gasteiger partial charge in [0.1, 0.15) is 12.4 Å². The third kappa shape index (κ3) is 4.13. The van der Waals surface area contributed by atoms with Crippen LogP contribution in [-0.4, -0.2) is 40.4 Å². The highest BCUT2D eigenvalue weighted by Crippen LogP contribution is 2.06. The van der Waals surface area contributed by atoms with Crippen molar-refractivity contribution in [3.8, 4) is 0 Å². The number of amides is 1. The Hall–Kier alpha value is -2.74. The van der Waals surface area contributed by atoms with Gasteiger partial charge in [-0.25, -0.2) is 9.78 Å². The maximum absolute atomic E-state index is 11.7. The average molecular weight is 304 g/mol. The van der Waals surface area contributed by atoms with E-state index in [-0.39, 0.29) is 12.5 Å². The molecule has 8 nitrogen and oxygen atoms in total. The summed E-state index contributed by atoms with van der Waals surface area (Å²) in [5.41, 5.74) is 1.18. The highest BCUT2D eigenvalue weighted by atomic mass is 16.5. The summed E-state index contributed by atoms with van der Waals surface area (Å²) in [6, 6.07) is 4.85. The van der Waals surface area contributed by atoms with Crippen molar-refractivity contribution in [1.82, 2.24) is 14.8 Å². The Bertz CT molecular complexity index is 651. The number of nitrogens with one attached hydrogen (secondary N) is 1. The molecular formula is C14H16N4O4. The Morgan fingerprint density at radius 2 is 2.14 bits per heavy atom. The number of pyridine rings is 1. The number of esters is 1. The van der Waals surface area contributed by atoms with Gasteiger partial charge in [0, 0.05) is 19.4 Å². The van der Waals surface area contributed by atoms with E-state index in [4.69, 9.17) is 4.74 Å². The molecule has 0 radical (unpaired) electrons. The second-order valence-corrected chi connectivity index (χ2v) is 4.41. The number of carbonyl (C=O) groups excluding carboxylic acids is 2. The maximum atomic E-state index is 11.7. The van der Waals surface area contributed by atoms with Crippen LogP contribution in [0.3, 0.4) is 0 Å². The zero-order valence-corrected chi connectivity index (χ0v) is 12.3. The molecule has 2 heterocycles. The molecule has 0 fully saturated rings. The highest BCUT2D eigenvalue weighted by Gasteiger charge is 2.08. The lowest BCUT2D eigenvalue weighted by molar-refractivity contribution is -0.121. The molecule has 0 aliphatic rings. The Kier molecular flexibility index (Phi) is 5.21. The van der Waals surface area contributed by atoms with E-state index in [1.54, 1.807) is 17.9 Å². The lowest BCUT2D eigenvalue weighted by Crippen LogP contribution is -2.19. The smallest absolute Gasteiger partial charge is 0.339 e. The van der Waals surface area contributed by atoms with E-state index < -0.39 is 5.97 Å². The van der Waals surface area contributed by atoms with Crippen molar-refractivity contribution in [3.63, 3.8) is 0 Å². The minimum absolute atomic E-state index is 0.106. The number of anilines is 1. The van der Waals surface area contributed by atoms with Crippen LogP contribution < -0.4 is 5.32 Å². The van der Waals surface area contributed by atoms with Gasteiger partial charge in [-0.3, -0.25) is 9.48 Å². The normalized spacial score (nSPS) is 10.3. The number of aromatic nitrogens is 3. The summed E-state index contributed by atoms with van der Waals surface area (Å²) < 4.78 is 11.5. The Balaban J connectivity index is 1.79. The summed E-state index contributed by atoms with van der Waals surface area (Å²) in [5.74, 6) is -0.479. The molecule has 0 saturated heterocycles. The highest BCUT2D eigenvalue weighted by molar-refractivity contribution is 5.92. The van der Waals surface area contributed by atoms with E-state index in [2.05, 4.69) is 20.1 Å². The third-order valence-electron chi connectivity index (χ3n) is 2.86. The quantitative estimate of drug-likeness (QED) is 0.792. The van der Waals surface area contributed by atoms with Crippen LogP contribution in [0.5, 0.6) is 0 Å². The van der Waals surface area contributed by atoms with Crippen molar-refractivity contribution in [3.05, 3.63) is 41.9 Å². The lowest BCUT2D eigenvalue weighted by atomic mass is 10.3. The van der Waals surface area contributed by atoms with Gasteiger partial charge in [0.05, 0.1) is 25.0 Å². The molecule has 2 aromatic heterocycles. The SMILES string of the molecule is COC(=O)c1ccc(NC(=O)COCc2ccnn2C)nc1. The maximum Gasteiger partial charge on any atom is 0.339 e. The van der Waals surface area contributed by atoms with E-state index in [0.29, 0.717) is 18.0 Å². The average Bonchev–Trinajstić information content (AvgIpc) is 2.92. The minimum atomic E-state index is -0.482. The number of aryl methyl sites for hydroxylation is 1. The van der Waals surface area contributed by atoms with E-state index in [1.165, 1.54) is 25.4 Å². The molecule has 22 heavy (non-hydrogen) atoms. The van der Waals surface area contributed by atoms with Gasteiger partial charge in [-0.15, -0.1) is 0 Å². The van der Waals surface area contributed by atoms with Gasteiger partial charge in [0.25, 0.3) is 5.91 Å². The van der Waals surface area contributed by atoms with Gasteiger partial charge in [-0.2, -0.15) is 5.10 Å². The third-order valence-corrected chi connectivity index (χ3v) is 2.86. The molecule has 1 N–H and O–H groups in total. The number of hydrogen-bond acceptors (Lipinski definition) is 6. The number of methoxy groups -OCH3 is 1. The van der Waals surface area contributed by atoms with Crippen LogP contribution in [0.1, 0.15) is 16.1 Å². The van der Waals surface area contributed by atoms with Crippen LogP contribution in [0.4, 0.5) is 5.82 Å². The molecular weight excluding hydrogens is 288 g/mol. The molecule has 116 valence electrons. The van der Waals surface area contributed by atoms with E-state index in [0.717, 1.165) is 5.69 Å². The van der Waals surface area contributed by atoms with Crippen LogP contribution in [0.2, 0.25) is 0 Å². The van der Waals surface area contributed by atoms with Gasteiger partial charge < -0.3 is 14.8 Å². The summed E-state index contributed by atoms with van der Waals surface area (Å²) in [7, 11) is 3.09. The molecule has 0 aliphatic heterocycles. The van der Waals surface area contributed by atoms with Gasteiger partial charge in [0.2, 0.25) is 0 Å². The fraction of sp³-hybridized carbons (Fsp3) is 0.286. The zero-order chi connectivity index (χ0) is 15.9. The molecule has 0 spiro atoms. The van der Waals surface area contributed by atoms with Crippen molar-refractivity contribution in [1.29, 1.82) is 0 Å². The fourth-order valence-electron chi connectivity index (χ4n) is 1.68. The first-order valence-electron chi connectivity index (χ1n) is 6.49. The van der Waals surface area contributed by atoms with Gasteiger partial charge in [0.15, 0.2) is 0 Å². The molecule has 0 saturated carbocycles. The predicted molar refractivity (Wildman–Crippen MR) is 77.1 cm³/mol. The van der Waals surface area contributed by atoms with Crippen molar-refractivity contribution < 1.29 is 19.1 Å². The molecule has 0 aliphatic carbocycles. The summed E-state index contributed by atoms with van der Waals surface area (Å²) >= 11 is 0. The Labute approximate surface area is 127 Å². The molecule has 0 unspecified atom stereocenters. The van der Waals surface area contributed by atoms with Crippen molar-refractivity contribution in [2.45, 2.75) is 6.61 Å². The second kappa shape index (κ2) is 7.32. The van der Waals surface area contributed by atoms with Gasteiger partial charge >= 0.3 is 5.97 Å². The number of nitrogens with zero attached hydrogens (tertiary/aromatic N) is 3. The zero-order valence-electron chi connectivity index (χ0n) is 12.3. The van der Waals surface area contributed by atoms with Crippen LogP contribution in [-0.2, 0) is 27.9 Å². The van der Waals surface area contributed by atoms with E-state index in [9.17, 15) is 9.59 Å². The van der Waals surface area contributed by atoms with Gasteiger partial charge in [-0.05, 0) is 18.2 Å². The summed E-state index contributed by atoms with van der Waals surface area (Å²) in [6.45, 7) is 0.185. The number of carbonyl (C=O) groups is 2. The van der Waals surface area contributed by atoms with E-state index >= 15 is 0 Å².